The van der Waals surface area contributed by atoms with Crippen molar-refractivity contribution in [3.63, 3.8) is 0 Å². The number of ketones is 1. The number of hydrogen-bond donors (Lipinski definition) is 0. The molecule has 0 N–H and O–H groups in total. The average molecular weight is 364 g/mol. The van der Waals surface area contributed by atoms with Crippen molar-refractivity contribution in [2.75, 3.05) is 7.11 Å². The van der Waals surface area contributed by atoms with Crippen LogP contribution in [-0.4, -0.2) is 29.5 Å². The highest BCUT2D eigenvalue weighted by molar-refractivity contribution is 6.32. The molecule has 1 unspecified atom stereocenters. The first-order chi connectivity index (χ1) is 11.8. The van der Waals surface area contributed by atoms with Crippen molar-refractivity contribution in [3.8, 4) is 5.75 Å². The van der Waals surface area contributed by atoms with E-state index in [0.29, 0.717) is 34.1 Å². The number of benzene rings is 1. The maximum absolute atomic E-state index is 13.0. The van der Waals surface area contributed by atoms with Gasteiger partial charge in [-0.3, -0.25) is 4.79 Å². The van der Waals surface area contributed by atoms with E-state index in [2.05, 4.69) is 0 Å². The van der Waals surface area contributed by atoms with E-state index in [4.69, 9.17) is 21.1 Å². The van der Waals surface area contributed by atoms with Crippen LogP contribution < -0.4 is 4.74 Å². The van der Waals surface area contributed by atoms with Crippen molar-refractivity contribution in [2.45, 2.75) is 40.3 Å². The number of para-hydroxylation sites is 1. The Kier molecular flexibility index (Phi) is 5.90. The summed E-state index contributed by atoms with van der Waals surface area (Å²) in [6.07, 6.45) is -0.740. The third-order valence-electron chi connectivity index (χ3n) is 4.22. The molecule has 0 bridgehead atoms. The third kappa shape index (κ3) is 3.56. The van der Waals surface area contributed by atoms with Crippen LogP contribution in [0.25, 0.3) is 0 Å². The Balaban J connectivity index is 2.40. The van der Waals surface area contributed by atoms with E-state index in [-0.39, 0.29) is 5.78 Å². The first-order valence-corrected chi connectivity index (χ1v) is 8.44. The monoisotopic (exact) mass is 363 g/mol. The lowest BCUT2D eigenvalue weighted by molar-refractivity contribution is 0.0587. The van der Waals surface area contributed by atoms with Crippen LogP contribution in [0.2, 0.25) is 5.02 Å². The van der Waals surface area contributed by atoms with Crippen LogP contribution in [0.5, 0.6) is 5.75 Å². The minimum atomic E-state index is -0.740. The number of nitrogens with zero attached hydrogens (tertiary/aromatic N) is 1. The lowest BCUT2D eigenvalue weighted by Gasteiger charge is -2.15. The smallest absolute Gasteiger partial charge is 0.354 e. The molecule has 0 aliphatic rings. The first kappa shape index (κ1) is 19.1. The van der Waals surface area contributed by atoms with Crippen molar-refractivity contribution in [2.24, 2.45) is 0 Å². The molecule has 5 nitrogen and oxygen atoms in total. The normalized spacial score (nSPS) is 11.9. The summed E-state index contributed by atoms with van der Waals surface area (Å²) >= 11 is 6.09. The summed E-state index contributed by atoms with van der Waals surface area (Å²) in [4.78, 5) is 25.1. The Morgan fingerprint density at radius 3 is 2.44 bits per heavy atom. The van der Waals surface area contributed by atoms with Crippen molar-refractivity contribution >= 4 is 23.4 Å². The van der Waals surface area contributed by atoms with Gasteiger partial charge in [0.1, 0.15) is 11.4 Å². The summed E-state index contributed by atoms with van der Waals surface area (Å²) in [5.41, 5.74) is 2.21. The quantitative estimate of drug-likeness (QED) is 0.569. The number of carbonyl (C=O) groups excluding carboxylic acids is 2. The van der Waals surface area contributed by atoms with Crippen LogP contribution in [0.15, 0.2) is 24.3 Å². The summed E-state index contributed by atoms with van der Waals surface area (Å²) in [6, 6.07) is 6.99. The highest BCUT2D eigenvalue weighted by Crippen LogP contribution is 2.28. The van der Waals surface area contributed by atoms with Crippen molar-refractivity contribution in [1.82, 2.24) is 4.57 Å². The lowest BCUT2D eigenvalue weighted by atomic mass is 10.0. The van der Waals surface area contributed by atoms with E-state index in [1.165, 1.54) is 7.11 Å². The summed E-state index contributed by atoms with van der Waals surface area (Å²) in [7, 11) is 1.33. The zero-order valence-corrected chi connectivity index (χ0v) is 15.8. The minimum Gasteiger partial charge on any atom is -0.481 e. The Morgan fingerprint density at radius 1 is 1.24 bits per heavy atom. The van der Waals surface area contributed by atoms with E-state index < -0.39 is 12.1 Å². The highest BCUT2D eigenvalue weighted by atomic mass is 35.5. The molecule has 0 amide bonds. The van der Waals surface area contributed by atoms with Gasteiger partial charge in [-0.2, -0.15) is 0 Å². The standard InChI is InChI=1S/C19H22ClNO4/c1-6-21-12(3)16(11(2)17(21)19(23)24-5)18(22)13(4)25-15-10-8-7-9-14(15)20/h7-10,13H,6H2,1-5H3. The van der Waals surface area contributed by atoms with Gasteiger partial charge in [-0.15, -0.1) is 0 Å². The number of hydrogen-bond acceptors (Lipinski definition) is 4. The molecule has 1 aromatic carbocycles. The molecular weight excluding hydrogens is 342 g/mol. The van der Waals surface area contributed by atoms with Gasteiger partial charge in [-0.25, -0.2) is 4.79 Å². The molecule has 134 valence electrons. The zero-order valence-electron chi connectivity index (χ0n) is 15.1. The second kappa shape index (κ2) is 7.74. The van der Waals surface area contributed by atoms with Gasteiger partial charge in [0.15, 0.2) is 6.10 Å². The number of ether oxygens (including phenoxy) is 2. The summed E-state index contributed by atoms with van der Waals surface area (Å²) in [6.45, 7) is 7.71. The number of halogens is 1. The number of methoxy groups -OCH3 is 1. The molecule has 2 aromatic rings. The van der Waals surface area contributed by atoms with Gasteiger partial charge in [-0.1, -0.05) is 23.7 Å². The van der Waals surface area contributed by atoms with Gasteiger partial charge in [0, 0.05) is 17.8 Å². The van der Waals surface area contributed by atoms with Crippen LogP contribution in [-0.2, 0) is 11.3 Å². The van der Waals surface area contributed by atoms with Gasteiger partial charge < -0.3 is 14.0 Å². The van der Waals surface area contributed by atoms with E-state index in [0.717, 1.165) is 5.69 Å². The molecule has 0 radical (unpaired) electrons. The topological polar surface area (TPSA) is 57.5 Å². The highest BCUT2D eigenvalue weighted by Gasteiger charge is 2.29. The summed E-state index contributed by atoms with van der Waals surface area (Å²) < 4.78 is 12.4. The summed E-state index contributed by atoms with van der Waals surface area (Å²) in [5, 5.41) is 0.442. The number of carbonyl (C=O) groups is 2. The second-order valence-corrected chi connectivity index (χ2v) is 6.13. The third-order valence-corrected chi connectivity index (χ3v) is 4.53. The number of esters is 1. The maximum atomic E-state index is 13.0. The molecule has 0 fully saturated rings. The van der Waals surface area contributed by atoms with Crippen LogP contribution in [0.4, 0.5) is 0 Å². The van der Waals surface area contributed by atoms with Crippen molar-refractivity contribution < 1.29 is 19.1 Å². The average Bonchev–Trinajstić information content (AvgIpc) is 2.85. The van der Waals surface area contributed by atoms with E-state index in [1.54, 1.807) is 42.7 Å². The molecule has 6 heteroatoms. The van der Waals surface area contributed by atoms with Gasteiger partial charge in [0.2, 0.25) is 5.78 Å². The Morgan fingerprint density at radius 2 is 1.88 bits per heavy atom. The molecule has 0 aliphatic carbocycles. The second-order valence-electron chi connectivity index (χ2n) is 5.72. The predicted molar refractivity (Wildman–Crippen MR) is 96.8 cm³/mol. The SMILES string of the molecule is CCn1c(C)c(C(=O)C(C)Oc2ccccc2Cl)c(C)c1C(=O)OC. The molecule has 25 heavy (non-hydrogen) atoms. The molecule has 2 rings (SSSR count). The number of Topliss-reactive ketones (excluding diaryl/α,β-unsaturated/α-hetero) is 1. The largest absolute Gasteiger partial charge is 0.481 e. The van der Waals surface area contributed by atoms with Crippen molar-refractivity contribution in [1.29, 1.82) is 0 Å². The van der Waals surface area contributed by atoms with Gasteiger partial charge in [-0.05, 0) is 45.4 Å². The number of aromatic nitrogens is 1. The maximum Gasteiger partial charge on any atom is 0.354 e. The van der Waals surface area contributed by atoms with Gasteiger partial charge >= 0.3 is 5.97 Å². The molecule has 1 aromatic heterocycles. The summed E-state index contributed by atoms with van der Waals surface area (Å²) in [5.74, 6) is -0.211. The van der Waals surface area contributed by atoms with Gasteiger partial charge in [0.25, 0.3) is 0 Å². The zero-order chi connectivity index (χ0) is 18.7. The molecule has 0 saturated heterocycles. The van der Waals surface area contributed by atoms with Crippen LogP contribution in [0.1, 0.15) is 46.0 Å². The molecule has 1 heterocycles. The van der Waals surface area contributed by atoms with Crippen LogP contribution in [0.3, 0.4) is 0 Å². The Labute approximate surface area is 152 Å². The molecule has 0 spiro atoms. The Hall–Kier alpha value is -2.27. The lowest BCUT2D eigenvalue weighted by Crippen LogP contribution is -2.25. The van der Waals surface area contributed by atoms with E-state index in [1.807, 2.05) is 13.8 Å². The molecule has 0 saturated carbocycles. The number of rotatable bonds is 6. The fourth-order valence-electron chi connectivity index (χ4n) is 3.00. The fourth-order valence-corrected chi connectivity index (χ4v) is 3.18. The van der Waals surface area contributed by atoms with Crippen molar-refractivity contribution in [3.05, 3.63) is 51.8 Å². The minimum absolute atomic E-state index is 0.202. The van der Waals surface area contributed by atoms with Crippen LogP contribution >= 0.6 is 11.6 Å². The fraction of sp³-hybridized carbons (Fsp3) is 0.368. The predicted octanol–water partition coefficient (Wildman–Crippen LogP) is 4.22. The van der Waals surface area contributed by atoms with Crippen LogP contribution in [0, 0.1) is 13.8 Å². The van der Waals surface area contributed by atoms with E-state index >= 15 is 0 Å². The van der Waals surface area contributed by atoms with Gasteiger partial charge in [0.05, 0.1) is 12.1 Å². The molecular formula is C19H22ClNO4. The van der Waals surface area contributed by atoms with E-state index in [9.17, 15) is 9.59 Å². The first-order valence-electron chi connectivity index (χ1n) is 8.06. The molecule has 0 aliphatic heterocycles. The molecule has 1 atom stereocenters. The Bertz CT molecular complexity index is 810.